The zero-order chi connectivity index (χ0) is 11.3. The van der Waals surface area contributed by atoms with Gasteiger partial charge in [-0.05, 0) is 18.8 Å². The first kappa shape index (κ1) is 13.3. The Kier molecular flexibility index (Phi) is 5.37. The number of nitrogens with zero attached hydrogens (tertiary/aromatic N) is 1. The van der Waals surface area contributed by atoms with Crippen LogP contribution in [0.2, 0.25) is 0 Å². The summed E-state index contributed by atoms with van der Waals surface area (Å²) in [6.07, 6.45) is 1.94. The summed E-state index contributed by atoms with van der Waals surface area (Å²) in [5.41, 5.74) is 2.98. The van der Waals surface area contributed by atoms with Gasteiger partial charge in [-0.3, -0.25) is 0 Å². The molecule has 4 heteroatoms. The summed E-state index contributed by atoms with van der Waals surface area (Å²) in [5.74, 6) is 1.82. The van der Waals surface area contributed by atoms with Gasteiger partial charge in [0, 0.05) is 22.6 Å². The fraction of sp³-hybridized carbons (Fsp3) is 0.727. The van der Waals surface area contributed by atoms with Crippen molar-refractivity contribution in [1.29, 1.82) is 0 Å². The molecule has 0 saturated heterocycles. The molecule has 1 aromatic heterocycles. The van der Waals surface area contributed by atoms with Crippen molar-refractivity contribution in [2.24, 2.45) is 11.3 Å². The van der Waals surface area contributed by atoms with Gasteiger partial charge < -0.3 is 0 Å². The SMILES string of the molecule is CC(C)CC(CCl)(CCl)Cc1cscn1. The minimum atomic E-state index is 0.00531. The molecule has 0 radical (unpaired) electrons. The maximum Gasteiger partial charge on any atom is 0.0794 e. The number of thiazole rings is 1. The molecule has 0 saturated carbocycles. The quantitative estimate of drug-likeness (QED) is 0.703. The van der Waals surface area contributed by atoms with E-state index in [4.69, 9.17) is 23.2 Å². The minimum Gasteiger partial charge on any atom is -0.250 e. The van der Waals surface area contributed by atoms with Crippen molar-refractivity contribution in [3.8, 4) is 0 Å². The first-order chi connectivity index (χ1) is 7.12. The molecule has 0 bridgehead atoms. The molecule has 0 atom stereocenters. The average molecular weight is 266 g/mol. The van der Waals surface area contributed by atoms with Crippen LogP contribution in [0.15, 0.2) is 10.9 Å². The highest BCUT2D eigenvalue weighted by Gasteiger charge is 2.30. The first-order valence-electron chi connectivity index (χ1n) is 5.11. The minimum absolute atomic E-state index is 0.00531. The molecule has 1 nitrogen and oxygen atoms in total. The molecule has 86 valence electrons. The lowest BCUT2D eigenvalue weighted by molar-refractivity contribution is 0.293. The van der Waals surface area contributed by atoms with E-state index >= 15 is 0 Å². The Hall–Kier alpha value is 0.210. The lowest BCUT2D eigenvalue weighted by Gasteiger charge is -2.30. The molecule has 15 heavy (non-hydrogen) atoms. The lowest BCUT2D eigenvalue weighted by Crippen LogP contribution is -2.30. The van der Waals surface area contributed by atoms with Crippen LogP contribution in [0.5, 0.6) is 0 Å². The molecule has 0 aromatic carbocycles. The Morgan fingerprint density at radius 3 is 2.47 bits per heavy atom. The predicted octanol–water partition coefficient (Wildman–Crippen LogP) is 4.20. The lowest BCUT2D eigenvalue weighted by atomic mass is 9.80. The van der Waals surface area contributed by atoms with E-state index in [2.05, 4.69) is 24.2 Å². The Labute approximate surface area is 106 Å². The molecular weight excluding hydrogens is 249 g/mol. The van der Waals surface area contributed by atoms with Gasteiger partial charge in [-0.2, -0.15) is 0 Å². The number of aromatic nitrogens is 1. The number of rotatable bonds is 6. The van der Waals surface area contributed by atoms with Crippen molar-refractivity contribution >= 4 is 34.5 Å². The molecule has 0 aliphatic heterocycles. The molecule has 0 aliphatic carbocycles. The van der Waals surface area contributed by atoms with E-state index in [1.165, 1.54) is 0 Å². The molecule has 1 heterocycles. The van der Waals surface area contributed by atoms with Crippen LogP contribution in [-0.2, 0) is 6.42 Å². The van der Waals surface area contributed by atoms with E-state index in [0.29, 0.717) is 17.7 Å². The van der Waals surface area contributed by atoms with Crippen molar-refractivity contribution < 1.29 is 0 Å². The molecular formula is C11H17Cl2NS. The second kappa shape index (κ2) is 6.07. The molecule has 0 unspecified atom stereocenters. The summed E-state index contributed by atoms with van der Waals surface area (Å²) in [7, 11) is 0. The monoisotopic (exact) mass is 265 g/mol. The van der Waals surface area contributed by atoms with Gasteiger partial charge in [0.2, 0.25) is 0 Å². The van der Waals surface area contributed by atoms with Crippen LogP contribution in [0, 0.1) is 11.3 Å². The molecule has 0 N–H and O–H groups in total. The summed E-state index contributed by atoms with van der Waals surface area (Å²) >= 11 is 13.8. The number of halogens is 2. The van der Waals surface area contributed by atoms with E-state index in [0.717, 1.165) is 18.5 Å². The smallest absolute Gasteiger partial charge is 0.0794 e. The molecule has 1 aromatic rings. The zero-order valence-corrected chi connectivity index (χ0v) is 11.5. The number of hydrogen-bond acceptors (Lipinski definition) is 2. The summed E-state index contributed by atoms with van der Waals surface area (Å²) in [5, 5.41) is 2.08. The third kappa shape index (κ3) is 3.93. The highest BCUT2D eigenvalue weighted by Crippen LogP contribution is 2.33. The fourth-order valence-corrected chi connectivity index (χ4v) is 3.14. The summed E-state index contributed by atoms with van der Waals surface area (Å²) in [6, 6.07) is 0. The van der Waals surface area contributed by atoms with Crippen molar-refractivity contribution in [1.82, 2.24) is 4.98 Å². The summed E-state index contributed by atoms with van der Waals surface area (Å²) < 4.78 is 0. The van der Waals surface area contributed by atoms with Gasteiger partial charge in [0.1, 0.15) is 0 Å². The van der Waals surface area contributed by atoms with E-state index in [1.807, 2.05) is 5.51 Å². The largest absolute Gasteiger partial charge is 0.250 e. The van der Waals surface area contributed by atoms with Crippen LogP contribution >= 0.6 is 34.5 Å². The van der Waals surface area contributed by atoms with E-state index in [-0.39, 0.29) is 5.41 Å². The topological polar surface area (TPSA) is 12.9 Å². The van der Waals surface area contributed by atoms with Crippen LogP contribution < -0.4 is 0 Å². The zero-order valence-electron chi connectivity index (χ0n) is 9.17. The van der Waals surface area contributed by atoms with Crippen LogP contribution in [0.4, 0.5) is 0 Å². The van der Waals surface area contributed by atoms with Crippen LogP contribution in [0.3, 0.4) is 0 Å². The summed E-state index contributed by atoms with van der Waals surface area (Å²) in [6.45, 7) is 4.41. The third-order valence-electron chi connectivity index (χ3n) is 2.45. The normalized spacial score (nSPS) is 12.3. The average Bonchev–Trinajstić information content (AvgIpc) is 2.68. The van der Waals surface area contributed by atoms with Gasteiger partial charge in [-0.25, -0.2) is 4.98 Å². The standard InChI is InChI=1S/C11H17Cl2NS/c1-9(2)3-11(6-12,7-13)4-10-5-15-8-14-10/h5,8-9H,3-4,6-7H2,1-2H3. The van der Waals surface area contributed by atoms with Crippen molar-refractivity contribution in [2.75, 3.05) is 11.8 Å². The molecule has 0 aliphatic rings. The maximum absolute atomic E-state index is 6.08. The van der Waals surface area contributed by atoms with Gasteiger partial charge in [0.15, 0.2) is 0 Å². The maximum atomic E-state index is 6.08. The van der Waals surface area contributed by atoms with Gasteiger partial charge in [0.05, 0.1) is 11.2 Å². The highest BCUT2D eigenvalue weighted by atomic mass is 35.5. The summed E-state index contributed by atoms with van der Waals surface area (Å²) in [4.78, 5) is 4.31. The van der Waals surface area contributed by atoms with E-state index in [1.54, 1.807) is 11.3 Å². The second-order valence-electron chi connectivity index (χ2n) is 4.52. The Balaban J connectivity index is 2.71. The Morgan fingerprint density at radius 2 is 2.07 bits per heavy atom. The van der Waals surface area contributed by atoms with E-state index < -0.39 is 0 Å². The van der Waals surface area contributed by atoms with Gasteiger partial charge in [-0.15, -0.1) is 34.5 Å². The van der Waals surface area contributed by atoms with Crippen LogP contribution in [-0.4, -0.2) is 16.7 Å². The number of hydrogen-bond donors (Lipinski definition) is 0. The fourth-order valence-electron chi connectivity index (χ4n) is 1.89. The Bertz CT molecular complexity index is 268. The van der Waals surface area contributed by atoms with Crippen molar-refractivity contribution in [3.05, 3.63) is 16.6 Å². The van der Waals surface area contributed by atoms with Gasteiger partial charge in [-0.1, -0.05) is 13.8 Å². The molecule has 1 rings (SSSR count). The Morgan fingerprint density at radius 1 is 1.40 bits per heavy atom. The van der Waals surface area contributed by atoms with Gasteiger partial charge >= 0.3 is 0 Å². The van der Waals surface area contributed by atoms with Crippen molar-refractivity contribution in [2.45, 2.75) is 26.7 Å². The molecule has 0 spiro atoms. The predicted molar refractivity (Wildman–Crippen MR) is 69.1 cm³/mol. The number of alkyl halides is 2. The highest BCUT2D eigenvalue weighted by molar-refractivity contribution is 7.07. The molecule has 0 amide bonds. The van der Waals surface area contributed by atoms with E-state index in [9.17, 15) is 0 Å². The van der Waals surface area contributed by atoms with Crippen LogP contribution in [0.1, 0.15) is 26.0 Å². The molecule has 0 fully saturated rings. The third-order valence-corrected chi connectivity index (χ3v) is 4.22. The first-order valence-corrected chi connectivity index (χ1v) is 7.12. The van der Waals surface area contributed by atoms with Gasteiger partial charge in [0.25, 0.3) is 0 Å². The second-order valence-corrected chi connectivity index (χ2v) is 5.77. The van der Waals surface area contributed by atoms with Crippen molar-refractivity contribution in [3.63, 3.8) is 0 Å². The van der Waals surface area contributed by atoms with Crippen LogP contribution in [0.25, 0.3) is 0 Å².